The van der Waals surface area contributed by atoms with Gasteiger partial charge in [0, 0.05) is 11.5 Å². The molecular weight excluding hydrogens is 271 g/mol. The molecule has 1 N–H and O–H groups in total. The molecule has 19 heavy (non-hydrogen) atoms. The van der Waals surface area contributed by atoms with Crippen molar-refractivity contribution in [2.45, 2.75) is 25.7 Å². The number of hydrogen-bond acceptors (Lipinski definition) is 2. The van der Waals surface area contributed by atoms with Gasteiger partial charge in [-0.2, -0.15) is 0 Å². The second-order valence-corrected chi connectivity index (χ2v) is 5.24. The highest BCUT2D eigenvalue weighted by Gasteiger charge is 2.36. The summed E-state index contributed by atoms with van der Waals surface area (Å²) in [5.74, 6) is -3.14. The Hall–Kier alpha value is -1.42. The van der Waals surface area contributed by atoms with Crippen LogP contribution in [0.1, 0.15) is 36.0 Å². The van der Waals surface area contributed by atoms with Crippen LogP contribution >= 0.6 is 11.6 Å². The summed E-state index contributed by atoms with van der Waals surface area (Å²) in [7, 11) is 0. The fourth-order valence-corrected chi connectivity index (χ4v) is 2.72. The van der Waals surface area contributed by atoms with Gasteiger partial charge in [0.1, 0.15) is 5.82 Å². The summed E-state index contributed by atoms with van der Waals surface area (Å²) in [6.45, 7) is 0. The van der Waals surface area contributed by atoms with Crippen molar-refractivity contribution < 1.29 is 19.1 Å². The molecule has 0 spiro atoms. The second kappa shape index (κ2) is 5.70. The molecule has 5 heteroatoms. The summed E-state index contributed by atoms with van der Waals surface area (Å²) in [5.41, 5.74) is 0.194. The molecule has 0 bridgehead atoms. The van der Waals surface area contributed by atoms with E-state index in [0.29, 0.717) is 12.8 Å². The number of halogens is 2. The summed E-state index contributed by atoms with van der Waals surface area (Å²) in [4.78, 5) is 23.5. The number of carbonyl (C=O) groups excluding carboxylic acids is 1. The van der Waals surface area contributed by atoms with Gasteiger partial charge in [-0.1, -0.05) is 24.4 Å². The number of benzene rings is 1. The molecule has 1 aliphatic carbocycles. The minimum atomic E-state index is -0.951. The van der Waals surface area contributed by atoms with Crippen molar-refractivity contribution >= 4 is 23.4 Å². The van der Waals surface area contributed by atoms with Crippen molar-refractivity contribution in [1.29, 1.82) is 0 Å². The number of rotatable bonds is 3. The van der Waals surface area contributed by atoms with Crippen LogP contribution < -0.4 is 0 Å². The maximum Gasteiger partial charge on any atom is 0.307 e. The van der Waals surface area contributed by atoms with Crippen molar-refractivity contribution in [3.05, 3.63) is 34.6 Å². The van der Waals surface area contributed by atoms with Crippen LogP contribution in [0.25, 0.3) is 0 Å². The normalized spacial score (nSPS) is 23.1. The lowest BCUT2D eigenvalue weighted by atomic mass is 9.75. The Morgan fingerprint density at radius 1 is 1.21 bits per heavy atom. The van der Waals surface area contributed by atoms with E-state index in [2.05, 4.69) is 0 Å². The molecule has 0 aliphatic heterocycles. The fourth-order valence-electron chi connectivity index (χ4n) is 2.60. The molecule has 1 aromatic carbocycles. The Balaban J connectivity index is 2.26. The third kappa shape index (κ3) is 2.95. The zero-order valence-corrected chi connectivity index (χ0v) is 11.0. The van der Waals surface area contributed by atoms with Crippen molar-refractivity contribution in [3.63, 3.8) is 0 Å². The smallest absolute Gasteiger partial charge is 0.307 e. The molecule has 0 saturated heterocycles. The number of hydrogen-bond donors (Lipinski definition) is 1. The summed E-state index contributed by atoms with van der Waals surface area (Å²) in [6, 6.07) is 3.85. The van der Waals surface area contributed by atoms with Crippen LogP contribution in [0, 0.1) is 17.7 Å². The number of carboxylic acids is 1. The lowest BCUT2D eigenvalue weighted by Crippen LogP contribution is -2.32. The zero-order valence-electron chi connectivity index (χ0n) is 10.2. The maximum atomic E-state index is 13.4. The monoisotopic (exact) mass is 284 g/mol. The van der Waals surface area contributed by atoms with Gasteiger partial charge >= 0.3 is 5.97 Å². The standard InChI is InChI=1S/C14H14ClFO3/c15-11-6-5-8(7-12(11)16)13(17)9-3-1-2-4-10(9)14(18)19/h5-7,9-10H,1-4H2,(H,18,19). The van der Waals surface area contributed by atoms with E-state index in [9.17, 15) is 14.0 Å². The van der Waals surface area contributed by atoms with E-state index in [-0.39, 0.29) is 16.4 Å². The molecule has 0 aromatic heterocycles. The first-order chi connectivity index (χ1) is 9.00. The van der Waals surface area contributed by atoms with Crippen LogP contribution in [0.5, 0.6) is 0 Å². The van der Waals surface area contributed by atoms with Gasteiger partial charge in [-0.15, -0.1) is 0 Å². The molecule has 1 aromatic rings. The van der Waals surface area contributed by atoms with E-state index in [1.54, 1.807) is 0 Å². The van der Waals surface area contributed by atoms with Crippen molar-refractivity contribution in [2.75, 3.05) is 0 Å². The lowest BCUT2D eigenvalue weighted by Gasteiger charge is -2.27. The molecule has 3 nitrogen and oxygen atoms in total. The summed E-state index contributed by atoms with van der Waals surface area (Å²) >= 11 is 5.57. The minimum Gasteiger partial charge on any atom is -0.481 e. The van der Waals surface area contributed by atoms with Crippen LogP contribution in [0.3, 0.4) is 0 Å². The molecule has 1 saturated carbocycles. The van der Waals surface area contributed by atoms with Gasteiger partial charge < -0.3 is 5.11 Å². The third-order valence-corrected chi connectivity index (χ3v) is 3.93. The fraction of sp³-hybridized carbons (Fsp3) is 0.429. The first-order valence-corrected chi connectivity index (χ1v) is 6.60. The summed E-state index contributed by atoms with van der Waals surface area (Å²) in [5, 5.41) is 9.11. The third-order valence-electron chi connectivity index (χ3n) is 3.62. The highest BCUT2D eigenvalue weighted by atomic mass is 35.5. The molecule has 2 unspecified atom stereocenters. The van der Waals surface area contributed by atoms with Crippen LogP contribution in [-0.2, 0) is 4.79 Å². The Labute approximate surface area is 115 Å². The molecule has 1 aliphatic rings. The predicted octanol–water partition coefficient (Wildman–Crippen LogP) is 3.55. The van der Waals surface area contributed by atoms with Gasteiger partial charge in [-0.05, 0) is 31.0 Å². The molecule has 2 rings (SSSR count). The minimum absolute atomic E-state index is 0.0463. The van der Waals surface area contributed by atoms with Gasteiger partial charge in [0.2, 0.25) is 0 Å². The van der Waals surface area contributed by atoms with E-state index in [1.165, 1.54) is 12.1 Å². The topological polar surface area (TPSA) is 54.4 Å². The molecule has 0 amide bonds. The first kappa shape index (κ1) is 14.0. The summed E-state index contributed by atoms with van der Waals surface area (Å²) in [6.07, 6.45) is 2.69. The summed E-state index contributed by atoms with van der Waals surface area (Å²) < 4.78 is 13.4. The van der Waals surface area contributed by atoms with E-state index in [1.807, 2.05) is 0 Å². The van der Waals surface area contributed by atoms with Crippen molar-refractivity contribution in [2.24, 2.45) is 11.8 Å². The van der Waals surface area contributed by atoms with Crippen molar-refractivity contribution in [1.82, 2.24) is 0 Å². The number of carboxylic acid groups (broad SMARTS) is 1. The molecule has 102 valence electrons. The number of aliphatic carboxylic acids is 1. The molecule has 0 radical (unpaired) electrons. The molecule has 0 heterocycles. The Morgan fingerprint density at radius 3 is 2.42 bits per heavy atom. The number of Topliss-reactive ketones (excluding diaryl/α,β-unsaturated/α-hetero) is 1. The Kier molecular flexibility index (Phi) is 4.20. The first-order valence-electron chi connectivity index (χ1n) is 6.23. The number of carbonyl (C=O) groups is 2. The average Bonchev–Trinajstić information content (AvgIpc) is 2.41. The largest absolute Gasteiger partial charge is 0.481 e. The van der Waals surface area contributed by atoms with Crippen LogP contribution in [0.4, 0.5) is 4.39 Å². The van der Waals surface area contributed by atoms with Gasteiger partial charge in [0.05, 0.1) is 10.9 Å². The van der Waals surface area contributed by atoms with Gasteiger partial charge in [0.15, 0.2) is 5.78 Å². The van der Waals surface area contributed by atoms with Crippen LogP contribution in [0.15, 0.2) is 18.2 Å². The van der Waals surface area contributed by atoms with E-state index < -0.39 is 23.6 Å². The maximum absolute atomic E-state index is 13.4. The highest BCUT2D eigenvalue weighted by Crippen LogP contribution is 2.33. The lowest BCUT2D eigenvalue weighted by molar-refractivity contribution is -0.144. The van der Waals surface area contributed by atoms with Crippen molar-refractivity contribution in [3.8, 4) is 0 Å². The van der Waals surface area contributed by atoms with Gasteiger partial charge in [-0.25, -0.2) is 4.39 Å². The highest BCUT2D eigenvalue weighted by molar-refractivity contribution is 6.30. The van der Waals surface area contributed by atoms with Crippen LogP contribution in [-0.4, -0.2) is 16.9 Å². The second-order valence-electron chi connectivity index (χ2n) is 4.83. The Morgan fingerprint density at radius 2 is 1.84 bits per heavy atom. The number of ketones is 1. The molecular formula is C14H14ClFO3. The Bertz CT molecular complexity index is 515. The van der Waals surface area contributed by atoms with E-state index >= 15 is 0 Å². The quantitative estimate of drug-likeness (QED) is 0.864. The molecule has 2 atom stereocenters. The predicted molar refractivity (Wildman–Crippen MR) is 68.8 cm³/mol. The average molecular weight is 285 g/mol. The SMILES string of the molecule is O=C(O)C1CCCCC1C(=O)c1ccc(Cl)c(F)c1. The zero-order chi connectivity index (χ0) is 14.0. The van der Waals surface area contributed by atoms with Gasteiger partial charge in [-0.3, -0.25) is 9.59 Å². The van der Waals surface area contributed by atoms with E-state index in [4.69, 9.17) is 16.7 Å². The van der Waals surface area contributed by atoms with Crippen LogP contribution in [0.2, 0.25) is 5.02 Å². The molecule has 1 fully saturated rings. The van der Waals surface area contributed by atoms with E-state index in [0.717, 1.165) is 18.9 Å². The van der Waals surface area contributed by atoms with Gasteiger partial charge in [0.25, 0.3) is 0 Å².